The molecule has 3 rings (SSSR count). The van der Waals surface area contributed by atoms with Crippen LogP contribution in [0.5, 0.6) is 0 Å². The zero-order valence-corrected chi connectivity index (χ0v) is 19.7. The monoisotopic (exact) mass is 435 g/mol. The first-order chi connectivity index (χ1) is 14.6. The predicted molar refractivity (Wildman–Crippen MR) is 118 cm³/mol. The Hall–Kier alpha value is -1.59. The Morgan fingerprint density at radius 3 is 1.58 bits per heavy atom. The first kappa shape index (κ1) is 24.1. The van der Waals surface area contributed by atoms with Crippen LogP contribution in [-0.4, -0.2) is 45.0 Å². The van der Waals surface area contributed by atoms with Crippen LogP contribution in [0.4, 0.5) is 0 Å². The third-order valence-corrected chi connectivity index (χ3v) is 9.28. The van der Waals surface area contributed by atoms with Crippen molar-refractivity contribution in [1.82, 2.24) is 4.90 Å². The Bertz CT molecular complexity index is 657. The lowest BCUT2D eigenvalue weighted by atomic mass is 9.67. The Morgan fingerprint density at radius 2 is 1.19 bits per heavy atom. The molecule has 0 spiro atoms. The van der Waals surface area contributed by atoms with E-state index in [1.54, 1.807) is 0 Å². The molecule has 0 bridgehead atoms. The van der Waals surface area contributed by atoms with Gasteiger partial charge in [0.05, 0.1) is 5.92 Å². The molecule has 3 aliphatic carbocycles. The second-order valence-electron chi connectivity index (χ2n) is 10.9. The van der Waals surface area contributed by atoms with Crippen LogP contribution in [0.2, 0.25) is 0 Å². The molecule has 3 aliphatic rings. The normalized spacial score (nSPS) is 41.4. The maximum atomic E-state index is 14.2. The number of carboxylic acids is 2. The van der Waals surface area contributed by atoms with Crippen molar-refractivity contribution in [3.8, 4) is 0 Å². The highest BCUT2D eigenvalue weighted by Gasteiger charge is 2.54. The van der Waals surface area contributed by atoms with Crippen molar-refractivity contribution in [1.29, 1.82) is 0 Å². The molecule has 6 atom stereocenters. The van der Waals surface area contributed by atoms with Crippen LogP contribution in [0.15, 0.2) is 0 Å². The molecule has 2 N–H and O–H groups in total. The number of carboxylic acid groups (broad SMARTS) is 2. The quantitative estimate of drug-likeness (QED) is 0.604. The molecule has 6 nitrogen and oxygen atoms in total. The van der Waals surface area contributed by atoms with Gasteiger partial charge >= 0.3 is 11.9 Å². The number of carbonyl (C=O) groups excluding carboxylic acids is 1. The maximum absolute atomic E-state index is 14.2. The fourth-order valence-corrected chi connectivity index (χ4v) is 6.56. The average molecular weight is 436 g/mol. The minimum absolute atomic E-state index is 0.0717. The summed E-state index contributed by atoms with van der Waals surface area (Å²) in [5, 5.41) is 19.7. The summed E-state index contributed by atoms with van der Waals surface area (Å²) in [4.78, 5) is 40.3. The van der Waals surface area contributed by atoms with Crippen LogP contribution in [-0.2, 0) is 14.4 Å². The van der Waals surface area contributed by atoms with E-state index in [1.165, 1.54) is 0 Å². The zero-order valence-electron chi connectivity index (χ0n) is 19.7. The van der Waals surface area contributed by atoms with Gasteiger partial charge in [0.2, 0.25) is 5.91 Å². The summed E-state index contributed by atoms with van der Waals surface area (Å²) in [6.45, 7) is 8.94. The molecular weight excluding hydrogens is 394 g/mol. The molecule has 176 valence electrons. The van der Waals surface area contributed by atoms with Crippen LogP contribution < -0.4 is 0 Å². The second kappa shape index (κ2) is 9.50. The number of rotatable bonds is 5. The summed E-state index contributed by atoms with van der Waals surface area (Å²) in [6.07, 6.45) is 7.08. The van der Waals surface area contributed by atoms with E-state index in [0.29, 0.717) is 23.7 Å². The number of hydrogen-bond donors (Lipinski definition) is 2. The number of carbonyl (C=O) groups is 3. The SMILES string of the molecule is CC1CCCC(N(C(=O)C2(C(=O)O)CCC(C(=O)O)CC2)C2CCCC(C)C2C)C1C. The first-order valence-corrected chi connectivity index (χ1v) is 12.4. The number of amides is 1. The predicted octanol–water partition coefficient (Wildman–Crippen LogP) is 4.81. The van der Waals surface area contributed by atoms with Gasteiger partial charge in [-0.1, -0.05) is 53.4 Å². The first-order valence-electron chi connectivity index (χ1n) is 12.4. The van der Waals surface area contributed by atoms with Crippen LogP contribution in [0.1, 0.15) is 91.9 Å². The zero-order chi connectivity index (χ0) is 22.9. The number of hydrogen-bond acceptors (Lipinski definition) is 3. The van der Waals surface area contributed by atoms with Gasteiger partial charge in [0.25, 0.3) is 0 Å². The van der Waals surface area contributed by atoms with Crippen LogP contribution in [0, 0.1) is 35.0 Å². The Labute approximate surface area is 186 Å². The second-order valence-corrected chi connectivity index (χ2v) is 10.9. The van der Waals surface area contributed by atoms with E-state index in [4.69, 9.17) is 0 Å². The summed E-state index contributed by atoms with van der Waals surface area (Å²) in [5.74, 6) is -1.04. The lowest BCUT2D eigenvalue weighted by Crippen LogP contribution is -2.61. The van der Waals surface area contributed by atoms with Crippen molar-refractivity contribution < 1.29 is 24.6 Å². The standard InChI is InChI=1S/C25H41NO5/c1-15-7-5-9-20(17(15)3)26(21-10-6-8-16(2)18(21)4)23(29)25(24(30)31)13-11-19(12-14-25)22(27)28/h15-21H,5-14H2,1-4H3,(H,27,28)(H,30,31). The maximum Gasteiger partial charge on any atom is 0.319 e. The largest absolute Gasteiger partial charge is 0.481 e. The lowest BCUT2D eigenvalue weighted by molar-refractivity contribution is -0.172. The fourth-order valence-electron chi connectivity index (χ4n) is 6.56. The molecule has 6 heteroatoms. The van der Waals surface area contributed by atoms with Crippen molar-refractivity contribution in [3.05, 3.63) is 0 Å². The van der Waals surface area contributed by atoms with Gasteiger partial charge in [-0.15, -0.1) is 0 Å². The van der Waals surface area contributed by atoms with Crippen molar-refractivity contribution >= 4 is 17.8 Å². The molecule has 31 heavy (non-hydrogen) atoms. The van der Waals surface area contributed by atoms with Gasteiger partial charge < -0.3 is 15.1 Å². The van der Waals surface area contributed by atoms with Gasteiger partial charge in [0, 0.05) is 12.1 Å². The van der Waals surface area contributed by atoms with E-state index < -0.39 is 23.3 Å². The Kier molecular flexibility index (Phi) is 7.37. The minimum Gasteiger partial charge on any atom is -0.481 e. The van der Waals surface area contributed by atoms with E-state index in [1.807, 2.05) is 4.90 Å². The molecule has 6 unspecified atom stereocenters. The Balaban J connectivity index is 1.98. The smallest absolute Gasteiger partial charge is 0.319 e. The van der Waals surface area contributed by atoms with Crippen molar-refractivity contribution in [2.45, 2.75) is 104 Å². The van der Waals surface area contributed by atoms with Gasteiger partial charge in [-0.3, -0.25) is 14.4 Å². The molecule has 0 aliphatic heterocycles. The van der Waals surface area contributed by atoms with E-state index >= 15 is 0 Å². The topological polar surface area (TPSA) is 94.9 Å². The lowest BCUT2D eigenvalue weighted by Gasteiger charge is -2.52. The summed E-state index contributed by atoms with van der Waals surface area (Å²) in [5.41, 5.74) is -1.48. The molecule has 0 radical (unpaired) electrons. The molecule has 1 amide bonds. The van der Waals surface area contributed by atoms with Gasteiger partial charge in [-0.25, -0.2) is 0 Å². The van der Waals surface area contributed by atoms with Crippen molar-refractivity contribution in [3.63, 3.8) is 0 Å². The number of aliphatic carboxylic acids is 2. The van der Waals surface area contributed by atoms with Gasteiger partial charge in [0.1, 0.15) is 5.41 Å². The van der Waals surface area contributed by atoms with E-state index in [-0.39, 0.29) is 43.7 Å². The highest BCUT2D eigenvalue weighted by molar-refractivity contribution is 6.02. The average Bonchev–Trinajstić information content (AvgIpc) is 2.73. The van der Waals surface area contributed by atoms with Gasteiger partial charge in [-0.05, 0) is 62.2 Å². The van der Waals surface area contributed by atoms with E-state index in [0.717, 1.165) is 38.5 Å². The molecule has 3 fully saturated rings. The summed E-state index contributed by atoms with van der Waals surface area (Å²) < 4.78 is 0. The summed E-state index contributed by atoms with van der Waals surface area (Å²) >= 11 is 0. The van der Waals surface area contributed by atoms with Crippen LogP contribution >= 0.6 is 0 Å². The third-order valence-electron chi connectivity index (χ3n) is 9.28. The third kappa shape index (κ3) is 4.49. The molecule has 0 saturated heterocycles. The Morgan fingerprint density at radius 1 is 0.742 bits per heavy atom. The molecule has 0 aromatic heterocycles. The summed E-state index contributed by atoms with van der Waals surface area (Å²) in [6, 6.07) is 0.143. The molecular formula is C25H41NO5. The van der Waals surface area contributed by atoms with Crippen molar-refractivity contribution in [2.75, 3.05) is 0 Å². The van der Waals surface area contributed by atoms with Crippen LogP contribution in [0.3, 0.4) is 0 Å². The highest BCUT2D eigenvalue weighted by atomic mass is 16.4. The van der Waals surface area contributed by atoms with Crippen LogP contribution in [0.25, 0.3) is 0 Å². The molecule has 3 saturated carbocycles. The summed E-state index contributed by atoms with van der Waals surface area (Å²) in [7, 11) is 0. The van der Waals surface area contributed by atoms with E-state index in [9.17, 15) is 24.6 Å². The fraction of sp³-hybridized carbons (Fsp3) is 0.880. The minimum atomic E-state index is -1.48. The van der Waals surface area contributed by atoms with Gasteiger partial charge in [0.15, 0.2) is 0 Å². The highest BCUT2D eigenvalue weighted by Crippen LogP contribution is 2.46. The van der Waals surface area contributed by atoms with E-state index in [2.05, 4.69) is 27.7 Å². The molecule has 0 heterocycles. The molecule has 0 aromatic rings. The van der Waals surface area contributed by atoms with Gasteiger partial charge in [-0.2, -0.15) is 0 Å². The number of nitrogens with zero attached hydrogens (tertiary/aromatic N) is 1. The molecule has 0 aromatic carbocycles. The van der Waals surface area contributed by atoms with Crippen molar-refractivity contribution in [2.24, 2.45) is 35.0 Å².